The fourth-order valence-corrected chi connectivity index (χ4v) is 1.47. The lowest BCUT2D eigenvalue weighted by Crippen LogP contribution is -2.33. The molecule has 0 heterocycles. The third kappa shape index (κ3) is 3.04. The molecule has 0 aliphatic carbocycles. The van der Waals surface area contributed by atoms with Gasteiger partial charge in [-0.3, -0.25) is 4.79 Å². The number of hydrogen-bond acceptors (Lipinski definition) is 3. The largest absolute Gasteiger partial charge is 0.481 e. The molecule has 4 heteroatoms. The second-order valence-electron chi connectivity index (χ2n) is 3.40. The summed E-state index contributed by atoms with van der Waals surface area (Å²) < 4.78 is 4.85. The van der Waals surface area contributed by atoms with E-state index >= 15 is 0 Å². The first-order chi connectivity index (χ1) is 7.08. The molecule has 0 aliphatic rings. The van der Waals surface area contributed by atoms with E-state index in [0.717, 1.165) is 0 Å². The minimum absolute atomic E-state index is 0.0384. The van der Waals surface area contributed by atoms with E-state index in [0.29, 0.717) is 5.56 Å². The SMILES string of the molecule is COCC(O)(CC(=O)O)c1ccccc1. The lowest BCUT2D eigenvalue weighted by molar-refractivity contribution is -0.145. The quantitative estimate of drug-likeness (QED) is 0.760. The molecule has 0 bridgehead atoms. The zero-order chi connectivity index (χ0) is 11.3. The fraction of sp³-hybridized carbons (Fsp3) is 0.364. The minimum atomic E-state index is -1.46. The van der Waals surface area contributed by atoms with E-state index in [1.807, 2.05) is 0 Å². The Morgan fingerprint density at radius 3 is 2.47 bits per heavy atom. The number of ether oxygens (including phenoxy) is 1. The number of carbonyl (C=O) groups is 1. The van der Waals surface area contributed by atoms with Gasteiger partial charge in [0.2, 0.25) is 0 Å². The second kappa shape index (κ2) is 4.91. The molecule has 0 amide bonds. The Balaban J connectivity index is 2.95. The lowest BCUT2D eigenvalue weighted by atomic mass is 9.91. The maximum atomic E-state index is 10.6. The molecule has 1 aromatic carbocycles. The van der Waals surface area contributed by atoms with Crippen molar-refractivity contribution in [3.63, 3.8) is 0 Å². The summed E-state index contributed by atoms with van der Waals surface area (Å²) >= 11 is 0. The number of carboxylic acid groups (broad SMARTS) is 1. The van der Waals surface area contributed by atoms with Gasteiger partial charge in [-0.2, -0.15) is 0 Å². The number of carboxylic acids is 1. The number of methoxy groups -OCH3 is 1. The Morgan fingerprint density at radius 2 is 2.00 bits per heavy atom. The van der Waals surface area contributed by atoms with Crippen molar-refractivity contribution in [3.8, 4) is 0 Å². The van der Waals surface area contributed by atoms with Gasteiger partial charge in [-0.1, -0.05) is 30.3 Å². The third-order valence-corrected chi connectivity index (χ3v) is 2.14. The average molecular weight is 210 g/mol. The fourth-order valence-electron chi connectivity index (χ4n) is 1.47. The second-order valence-corrected chi connectivity index (χ2v) is 3.40. The average Bonchev–Trinajstić information content (AvgIpc) is 2.18. The Bertz CT molecular complexity index is 323. The van der Waals surface area contributed by atoms with Gasteiger partial charge in [0.15, 0.2) is 0 Å². The summed E-state index contributed by atoms with van der Waals surface area (Å²) in [5.74, 6) is -1.06. The minimum Gasteiger partial charge on any atom is -0.481 e. The van der Waals surface area contributed by atoms with Gasteiger partial charge in [0.25, 0.3) is 0 Å². The van der Waals surface area contributed by atoms with Crippen LogP contribution in [-0.4, -0.2) is 29.9 Å². The summed E-state index contributed by atoms with van der Waals surface area (Å²) in [5, 5.41) is 18.9. The number of aliphatic hydroxyl groups is 1. The number of benzene rings is 1. The molecule has 1 rings (SSSR count). The van der Waals surface area contributed by atoms with Crippen LogP contribution in [0.25, 0.3) is 0 Å². The van der Waals surface area contributed by atoms with Gasteiger partial charge in [-0.25, -0.2) is 0 Å². The summed E-state index contributed by atoms with van der Waals surface area (Å²) in [6.45, 7) is -0.0384. The van der Waals surface area contributed by atoms with E-state index in [4.69, 9.17) is 9.84 Å². The van der Waals surface area contributed by atoms with Crippen molar-refractivity contribution in [1.29, 1.82) is 0 Å². The van der Waals surface area contributed by atoms with Crippen molar-refractivity contribution in [2.45, 2.75) is 12.0 Å². The third-order valence-electron chi connectivity index (χ3n) is 2.14. The molecule has 1 aromatic rings. The van der Waals surface area contributed by atoms with Crippen LogP contribution in [-0.2, 0) is 15.1 Å². The molecule has 0 aliphatic heterocycles. The van der Waals surface area contributed by atoms with E-state index in [2.05, 4.69) is 0 Å². The van der Waals surface area contributed by atoms with Crippen molar-refractivity contribution in [2.75, 3.05) is 13.7 Å². The Hall–Kier alpha value is -1.39. The van der Waals surface area contributed by atoms with Crippen LogP contribution in [0.4, 0.5) is 0 Å². The van der Waals surface area contributed by atoms with Crippen LogP contribution in [0.1, 0.15) is 12.0 Å². The first-order valence-corrected chi connectivity index (χ1v) is 4.57. The normalized spacial score (nSPS) is 14.5. The van der Waals surface area contributed by atoms with Crippen molar-refractivity contribution in [1.82, 2.24) is 0 Å². The summed E-state index contributed by atoms with van der Waals surface area (Å²) in [4.78, 5) is 10.6. The predicted octanol–water partition coefficient (Wildman–Crippen LogP) is 0.995. The van der Waals surface area contributed by atoms with Crippen molar-refractivity contribution >= 4 is 5.97 Å². The van der Waals surface area contributed by atoms with Crippen LogP contribution in [0.3, 0.4) is 0 Å². The maximum absolute atomic E-state index is 10.6. The molecule has 0 radical (unpaired) electrons. The summed E-state index contributed by atoms with van der Waals surface area (Å²) in [7, 11) is 1.43. The van der Waals surface area contributed by atoms with Crippen LogP contribution in [0.15, 0.2) is 30.3 Å². The first kappa shape index (κ1) is 11.7. The van der Waals surface area contributed by atoms with Gasteiger partial charge in [0.05, 0.1) is 13.0 Å². The van der Waals surface area contributed by atoms with Gasteiger partial charge in [0, 0.05) is 7.11 Å². The molecule has 0 saturated heterocycles. The Morgan fingerprint density at radius 1 is 1.40 bits per heavy atom. The highest BCUT2D eigenvalue weighted by molar-refractivity contribution is 5.68. The van der Waals surface area contributed by atoms with Crippen LogP contribution in [0.5, 0.6) is 0 Å². The summed E-state index contributed by atoms with van der Waals surface area (Å²) in [6, 6.07) is 8.66. The topological polar surface area (TPSA) is 66.8 Å². The van der Waals surface area contributed by atoms with Gasteiger partial charge < -0.3 is 14.9 Å². The maximum Gasteiger partial charge on any atom is 0.306 e. The summed E-state index contributed by atoms with van der Waals surface area (Å²) in [5.41, 5.74) is -0.906. The molecule has 0 spiro atoms. The molecule has 15 heavy (non-hydrogen) atoms. The Labute approximate surface area is 88.1 Å². The molecular formula is C11H14O4. The molecule has 0 fully saturated rings. The standard InChI is InChI=1S/C11H14O4/c1-15-8-11(14,7-10(12)13)9-5-3-2-4-6-9/h2-6,14H,7-8H2,1H3,(H,12,13). The zero-order valence-electron chi connectivity index (χ0n) is 8.51. The summed E-state index contributed by atoms with van der Waals surface area (Å²) in [6.07, 6.45) is -0.370. The molecule has 4 nitrogen and oxygen atoms in total. The number of hydrogen-bond donors (Lipinski definition) is 2. The predicted molar refractivity (Wildman–Crippen MR) is 54.5 cm³/mol. The monoisotopic (exact) mass is 210 g/mol. The van der Waals surface area contributed by atoms with Gasteiger partial charge >= 0.3 is 5.97 Å². The molecule has 0 saturated carbocycles. The van der Waals surface area contributed by atoms with Gasteiger partial charge in [-0.15, -0.1) is 0 Å². The zero-order valence-corrected chi connectivity index (χ0v) is 8.51. The van der Waals surface area contributed by atoms with Crippen LogP contribution in [0, 0.1) is 0 Å². The van der Waals surface area contributed by atoms with Crippen LogP contribution >= 0.6 is 0 Å². The Kier molecular flexibility index (Phi) is 3.82. The van der Waals surface area contributed by atoms with Crippen LogP contribution in [0.2, 0.25) is 0 Å². The van der Waals surface area contributed by atoms with E-state index in [1.165, 1.54) is 7.11 Å². The number of aliphatic carboxylic acids is 1. The van der Waals surface area contributed by atoms with Gasteiger partial charge in [0.1, 0.15) is 5.60 Å². The highest BCUT2D eigenvalue weighted by Crippen LogP contribution is 2.25. The van der Waals surface area contributed by atoms with E-state index in [9.17, 15) is 9.90 Å². The van der Waals surface area contributed by atoms with Crippen molar-refractivity contribution in [2.24, 2.45) is 0 Å². The molecule has 1 unspecified atom stereocenters. The lowest BCUT2D eigenvalue weighted by Gasteiger charge is -2.25. The smallest absolute Gasteiger partial charge is 0.306 e. The molecule has 0 aromatic heterocycles. The van der Waals surface area contributed by atoms with Crippen molar-refractivity contribution < 1.29 is 19.7 Å². The van der Waals surface area contributed by atoms with E-state index in [1.54, 1.807) is 30.3 Å². The van der Waals surface area contributed by atoms with Crippen LogP contribution < -0.4 is 0 Å². The van der Waals surface area contributed by atoms with E-state index in [-0.39, 0.29) is 13.0 Å². The van der Waals surface area contributed by atoms with Crippen molar-refractivity contribution in [3.05, 3.63) is 35.9 Å². The highest BCUT2D eigenvalue weighted by Gasteiger charge is 2.32. The van der Waals surface area contributed by atoms with E-state index < -0.39 is 11.6 Å². The first-order valence-electron chi connectivity index (χ1n) is 4.57. The molecule has 82 valence electrons. The molecular weight excluding hydrogens is 196 g/mol. The van der Waals surface area contributed by atoms with Gasteiger partial charge in [-0.05, 0) is 5.56 Å². The molecule has 1 atom stereocenters. The number of rotatable bonds is 5. The molecule has 2 N–H and O–H groups in total. The highest BCUT2D eigenvalue weighted by atomic mass is 16.5.